The molecule has 7 heteroatoms. The van der Waals surface area contributed by atoms with Crippen LogP contribution in [0, 0.1) is 29.1 Å². The van der Waals surface area contributed by atoms with Crippen molar-refractivity contribution in [3.05, 3.63) is 29.1 Å². The van der Waals surface area contributed by atoms with Gasteiger partial charge in [0.05, 0.1) is 0 Å². The van der Waals surface area contributed by atoms with Crippen LogP contribution in [-0.4, -0.2) is 22.9 Å². The fraction of sp³-hybridized carbons (Fsp3) is 0. The van der Waals surface area contributed by atoms with Crippen LogP contribution in [0.2, 0.25) is 0 Å². The Morgan fingerprint density at radius 1 is 0.692 bits per heavy atom. The first-order valence-corrected chi connectivity index (χ1v) is 4.02. The molecule has 0 bridgehead atoms. The molecule has 0 aliphatic heterocycles. The van der Waals surface area contributed by atoms with Crippen LogP contribution in [0.1, 0.15) is 0 Å². The van der Waals surface area contributed by atoms with E-state index in [2.05, 4.69) is 3.07 Å². The normalized spacial score (nSPS) is 10.3. The van der Waals surface area contributed by atoms with Gasteiger partial charge >= 0.3 is 82.8 Å². The molecule has 0 amide bonds. The third kappa shape index (κ3) is 1.59. The van der Waals surface area contributed by atoms with Crippen molar-refractivity contribution in [2.24, 2.45) is 0 Å². The summed E-state index contributed by atoms with van der Waals surface area (Å²) in [5.74, 6) is -11.3. The Labute approximate surface area is 83.1 Å². The molecule has 69 valence electrons. The van der Waals surface area contributed by atoms with Gasteiger partial charge in [0.1, 0.15) is 0 Å². The summed E-state index contributed by atoms with van der Waals surface area (Å²) < 4.78 is 66.3. The Morgan fingerprint density at radius 2 is 1.00 bits per heavy atom. The summed E-state index contributed by atoms with van der Waals surface area (Å²) in [7, 11) is 0. The molecule has 1 aromatic carbocycles. The van der Waals surface area contributed by atoms with Gasteiger partial charge in [0.25, 0.3) is 0 Å². The van der Waals surface area contributed by atoms with E-state index < -0.39 is 34.8 Å². The van der Waals surface area contributed by atoms with E-state index in [9.17, 15) is 22.0 Å². The van der Waals surface area contributed by atoms with Crippen molar-refractivity contribution < 1.29 is 25.0 Å². The molecule has 1 aromatic rings. The van der Waals surface area contributed by atoms with Crippen LogP contribution in [0.4, 0.5) is 22.0 Å². The standard InChI is InChI=1S/C6HF5O.Sn/c7-1-2(8)4(10)6(12)5(11)3(1)9;/h12H;/q;+1/p-1. The molecule has 0 N–H and O–H groups in total. The van der Waals surface area contributed by atoms with Crippen molar-refractivity contribution >= 4 is 22.9 Å². The van der Waals surface area contributed by atoms with Crippen LogP contribution >= 0.6 is 0 Å². The van der Waals surface area contributed by atoms with Crippen LogP contribution in [0.15, 0.2) is 0 Å². The number of hydrogen-bond donors (Lipinski definition) is 0. The number of hydrogen-bond acceptors (Lipinski definition) is 1. The Hall–Kier alpha value is -0.531. The first-order valence-electron chi connectivity index (χ1n) is 2.85. The maximum absolute atomic E-state index is 12.6. The van der Waals surface area contributed by atoms with Gasteiger partial charge in [-0.1, -0.05) is 0 Å². The summed E-state index contributed by atoms with van der Waals surface area (Å²) in [6.07, 6.45) is 0. The monoisotopic (exact) mass is 303 g/mol. The van der Waals surface area contributed by atoms with E-state index in [-0.39, 0.29) is 22.9 Å². The van der Waals surface area contributed by atoms with Gasteiger partial charge in [-0.2, -0.15) is 0 Å². The molecule has 0 aromatic heterocycles. The van der Waals surface area contributed by atoms with E-state index in [1.165, 1.54) is 0 Å². The minimum absolute atomic E-state index is 0.174. The van der Waals surface area contributed by atoms with Gasteiger partial charge in [0, 0.05) is 0 Å². The zero-order chi connectivity index (χ0) is 10.2. The Bertz CT molecular complexity index is 324. The first-order chi connectivity index (χ1) is 6.00. The number of benzene rings is 1. The molecular formula is C6F5OSn. The summed E-state index contributed by atoms with van der Waals surface area (Å²) in [6.45, 7) is 0. The molecular weight excluding hydrogens is 302 g/mol. The van der Waals surface area contributed by atoms with Crippen molar-refractivity contribution in [2.45, 2.75) is 0 Å². The predicted octanol–water partition coefficient (Wildman–Crippen LogP) is 1.84. The predicted molar refractivity (Wildman–Crippen MR) is 32.6 cm³/mol. The number of rotatable bonds is 1. The summed E-state index contributed by atoms with van der Waals surface area (Å²) in [5, 5.41) is 0. The average molecular weight is 302 g/mol. The molecule has 0 aliphatic carbocycles. The third-order valence-electron chi connectivity index (χ3n) is 1.27. The average Bonchev–Trinajstić information content (AvgIpc) is 2.13. The van der Waals surface area contributed by atoms with Crippen molar-refractivity contribution in [1.29, 1.82) is 0 Å². The van der Waals surface area contributed by atoms with Crippen LogP contribution in [0.3, 0.4) is 0 Å². The van der Waals surface area contributed by atoms with Gasteiger partial charge in [0.2, 0.25) is 0 Å². The molecule has 3 radical (unpaired) electrons. The SMILES string of the molecule is Fc1c(F)c(F)c([O][Sn])c(F)c1F. The van der Waals surface area contributed by atoms with E-state index in [4.69, 9.17) is 0 Å². The molecule has 0 fully saturated rings. The second-order valence-electron chi connectivity index (χ2n) is 2.00. The quantitative estimate of drug-likeness (QED) is 0.333. The molecule has 0 spiro atoms. The summed E-state index contributed by atoms with van der Waals surface area (Å²) in [4.78, 5) is 0. The van der Waals surface area contributed by atoms with Crippen molar-refractivity contribution in [2.75, 3.05) is 0 Å². The molecule has 1 rings (SSSR count). The zero-order valence-electron chi connectivity index (χ0n) is 5.80. The van der Waals surface area contributed by atoms with E-state index in [1.54, 1.807) is 0 Å². The molecule has 0 saturated heterocycles. The van der Waals surface area contributed by atoms with Crippen LogP contribution in [0.5, 0.6) is 5.75 Å². The van der Waals surface area contributed by atoms with E-state index in [0.29, 0.717) is 0 Å². The summed E-state index contributed by atoms with van der Waals surface area (Å²) >= 11 is 0.174. The van der Waals surface area contributed by atoms with Crippen LogP contribution in [-0.2, 0) is 0 Å². The zero-order valence-corrected chi connectivity index (χ0v) is 8.65. The molecule has 0 atom stereocenters. The second-order valence-corrected chi connectivity index (χ2v) is 2.58. The van der Waals surface area contributed by atoms with Gasteiger partial charge in [0.15, 0.2) is 0 Å². The fourth-order valence-electron chi connectivity index (χ4n) is 0.674. The van der Waals surface area contributed by atoms with Gasteiger partial charge in [-0.3, -0.25) is 0 Å². The van der Waals surface area contributed by atoms with E-state index >= 15 is 0 Å². The van der Waals surface area contributed by atoms with Crippen LogP contribution < -0.4 is 3.07 Å². The maximum atomic E-state index is 12.6. The van der Waals surface area contributed by atoms with Gasteiger partial charge in [-0.15, -0.1) is 0 Å². The van der Waals surface area contributed by atoms with E-state index in [0.717, 1.165) is 0 Å². The Kier molecular flexibility index (Phi) is 2.99. The molecule has 0 unspecified atom stereocenters. The van der Waals surface area contributed by atoms with E-state index in [1.807, 2.05) is 0 Å². The van der Waals surface area contributed by atoms with Gasteiger partial charge in [-0.25, -0.2) is 0 Å². The van der Waals surface area contributed by atoms with Crippen molar-refractivity contribution in [3.8, 4) is 5.75 Å². The molecule has 13 heavy (non-hydrogen) atoms. The molecule has 1 nitrogen and oxygen atoms in total. The van der Waals surface area contributed by atoms with Gasteiger partial charge < -0.3 is 0 Å². The van der Waals surface area contributed by atoms with Gasteiger partial charge in [-0.05, 0) is 0 Å². The summed E-state index contributed by atoms with van der Waals surface area (Å²) in [5.41, 5.74) is 0. The Balaban J connectivity index is 3.56. The van der Waals surface area contributed by atoms with Crippen LogP contribution in [0.25, 0.3) is 0 Å². The van der Waals surface area contributed by atoms with Crippen molar-refractivity contribution in [3.63, 3.8) is 0 Å². The van der Waals surface area contributed by atoms with Crippen molar-refractivity contribution in [1.82, 2.24) is 0 Å². The third-order valence-corrected chi connectivity index (χ3v) is 1.85. The molecule has 0 aliphatic rings. The second kappa shape index (κ2) is 3.68. The minimum atomic E-state index is -2.19. The Morgan fingerprint density at radius 3 is 1.31 bits per heavy atom. The number of halogens is 5. The molecule has 0 heterocycles. The fourth-order valence-corrected chi connectivity index (χ4v) is 1.19. The topological polar surface area (TPSA) is 9.23 Å². The summed E-state index contributed by atoms with van der Waals surface area (Å²) in [6, 6.07) is 0. The molecule has 0 saturated carbocycles. The first kappa shape index (κ1) is 10.5.